The molecule has 0 aliphatic rings. The number of amides is 1. The summed E-state index contributed by atoms with van der Waals surface area (Å²) in [4.78, 5) is 28.8. The topological polar surface area (TPSA) is 68.3 Å². The smallest absolute Gasteiger partial charge is 0.339 e. The van der Waals surface area contributed by atoms with Crippen molar-refractivity contribution in [1.82, 2.24) is 10.3 Å². The number of aryl methyl sites for hydroxylation is 1. The molecule has 7 heteroatoms. The van der Waals surface area contributed by atoms with Crippen LogP contribution in [-0.2, 0) is 15.3 Å². The van der Waals surface area contributed by atoms with E-state index in [4.69, 9.17) is 4.74 Å². The summed E-state index contributed by atoms with van der Waals surface area (Å²) in [6.07, 6.45) is -0.836. The van der Waals surface area contributed by atoms with Gasteiger partial charge in [0.1, 0.15) is 4.34 Å². The Morgan fingerprint density at radius 1 is 1.28 bits per heavy atom. The zero-order chi connectivity index (χ0) is 18.4. The van der Waals surface area contributed by atoms with E-state index in [1.54, 1.807) is 42.2 Å². The molecule has 0 saturated carbocycles. The zero-order valence-electron chi connectivity index (χ0n) is 14.7. The minimum Gasteiger partial charge on any atom is -0.449 e. The van der Waals surface area contributed by atoms with Crippen LogP contribution in [0.3, 0.4) is 0 Å². The fraction of sp³-hybridized carbons (Fsp3) is 0.389. The van der Waals surface area contributed by atoms with E-state index >= 15 is 0 Å². The molecule has 0 aliphatic heterocycles. The molecule has 1 aromatic carbocycles. The van der Waals surface area contributed by atoms with Gasteiger partial charge in [0.15, 0.2) is 6.10 Å². The fourth-order valence-corrected chi connectivity index (χ4v) is 3.92. The molecule has 0 spiro atoms. The molecule has 0 saturated heterocycles. The number of nitrogens with one attached hydrogen (secondary N) is 1. The van der Waals surface area contributed by atoms with Crippen molar-refractivity contribution >= 4 is 35.0 Å². The van der Waals surface area contributed by atoms with Gasteiger partial charge in [0.25, 0.3) is 5.91 Å². The molecule has 134 valence electrons. The molecule has 0 bridgehead atoms. The number of ether oxygens (including phenoxy) is 1. The molecule has 1 aromatic heterocycles. The van der Waals surface area contributed by atoms with E-state index in [1.807, 2.05) is 38.3 Å². The Bertz CT molecular complexity index is 743. The van der Waals surface area contributed by atoms with E-state index in [9.17, 15) is 9.59 Å². The predicted molar refractivity (Wildman–Crippen MR) is 101 cm³/mol. The fourth-order valence-electron chi connectivity index (χ4n) is 2.06. The molecular formula is C18H22N2O3S2. The average Bonchev–Trinajstić information content (AvgIpc) is 2.98. The number of hydrogen-bond acceptors (Lipinski definition) is 6. The molecular weight excluding hydrogens is 356 g/mol. The Hall–Kier alpha value is -1.86. The number of rotatable bonds is 7. The third kappa shape index (κ3) is 5.86. The minimum absolute atomic E-state index is 0.000842. The highest BCUT2D eigenvalue weighted by atomic mass is 32.2. The van der Waals surface area contributed by atoms with Crippen LogP contribution in [0, 0.1) is 6.92 Å². The molecule has 2 rings (SSSR count). The number of carbonyl (C=O) groups is 2. The molecule has 1 atom stereocenters. The number of aromatic nitrogens is 1. The highest BCUT2D eigenvalue weighted by Crippen LogP contribution is 2.27. The Morgan fingerprint density at radius 3 is 2.64 bits per heavy atom. The summed E-state index contributed by atoms with van der Waals surface area (Å²) in [6, 6.07) is 7.28. The molecule has 1 heterocycles. The quantitative estimate of drug-likeness (QED) is 0.586. The number of nitrogens with zero attached hydrogens (tertiary/aromatic N) is 1. The van der Waals surface area contributed by atoms with Crippen LogP contribution in [0.15, 0.2) is 34.0 Å². The summed E-state index contributed by atoms with van der Waals surface area (Å²) in [5.74, 6) is -0.170. The number of thiazole rings is 1. The van der Waals surface area contributed by atoms with E-state index < -0.39 is 12.1 Å². The number of esters is 1. The maximum absolute atomic E-state index is 12.5. The number of benzene rings is 1. The molecule has 1 amide bonds. The summed E-state index contributed by atoms with van der Waals surface area (Å²) in [7, 11) is 0. The van der Waals surface area contributed by atoms with E-state index in [-0.39, 0.29) is 11.9 Å². The van der Waals surface area contributed by atoms with Gasteiger partial charge in [-0.05, 0) is 39.3 Å². The summed E-state index contributed by atoms with van der Waals surface area (Å²) < 4.78 is 6.29. The van der Waals surface area contributed by atoms with Gasteiger partial charge in [0, 0.05) is 22.9 Å². The largest absolute Gasteiger partial charge is 0.449 e. The maximum Gasteiger partial charge on any atom is 0.339 e. The monoisotopic (exact) mass is 378 g/mol. The van der Waals surface area contributed by atoms with Crippen molar-refractivity contribution in [3.63, 3.8) is 0 Å². The van der Waals surface area contributed by atoms with Crippen molar-refractivity contribution < 1.29 is 14.3 Å². The standard InChI is InChI=1S/C18H22N2O3S2/c1-11(2)19-16(21)13(4)23-17(22)15-8-6-5-7-14(15)10-25-18-20-12(3)9-24-18/h5-9,11,13H,10H2,1-4H3,(H,19,21)/t13-/m0/s1. The van der Waals surface area contributed by atoms with Crippen molar-refractivity contribution in [2.24, 2.45) is 0 Å². The zero-order valence-corrected chi connectivity index (χ0v) is 16.4. The first-order valence-electron chi connectivity index (χ1n) is 8.01. The highest BCUT2D eigenvalue weighted by Gasteiger charge is 2.21. The van der Waals surface area contributed by atoms with Crippen LogP contribution >= 0.6 is 23.1 Å². The summed E-state index contributed by atoms with van der Waals surface area (Å²) in [5.41, 5.74) is 2.33. The van der Waals surface area contributed by atoms with E-state index in [0.29, 0.717) is 11.3 Å². The van der Waals surface area contributed by atoms with Crippen molar-refractivity contribution in [2.45, 2.75) is 49.9 Å². The van der Waals surface area contributed by atoms with Crippen LogP contribution in [0.1, 0.15) is 42.4 Å². The Morgan fingerprint density at radius 2 is 2.00 bits per heavy atom. The van der Waals surface area contributed by atoms with Crippen molar-refractivity contribution in [2.75, 3.05) is 0 Å². The van der Waals surface area contributed by atoms with Crippen LogP contribution < -0.4 is 5.32 Å². The Kier molecular flexibility index (Phi) is 7.01. The molecule has 1 N–H and O–H groups in total. The minimum atomic E-state index is -0.836. The maximum atomic E-state index is 12.5. The van der Waals surface area contributed by atoms with Gasteiger partial charge >= 0.3 is 5.97 Å². The summed E-state index contributed by atoms with van der Waals surface area (Å²) in [6.45, 7) is 7.25. The van der Waals surface area contributed by atoms with Crippen molar-refractivity contribution in [1.29, 1.82) is 0 Å². The molecule has 0 fully saturated rings. The summed E-state index contributed by atoms with van der Waals surface area (Å²) >= 11 is 3.17. The van der Waals surface area contributed by atoms with Gasteiger partial charge < -0.3 is 10.1 Å². The molecule has 0 radical (unpaired) electrons. The first kappa shape index (κ1) is 19.5. The van der Waals surface area contributed by atoms with Crippen LogP contribution in [0.5, 0.6) is 0 Å². The van der Waals surface area contributed by atoms with Crippen LogP contribution in [-0.4, -0.2) is 29.0 Å². The van der Waals surface area contributed by atoms with Crippen LogP contribution in [0.2, 0.25) is 0 Å². The number of carbonyl (C=O) groups excluding carboxylic acids is 2. The Labute approximate surface area is 156 Å². The second-order valence-electron chi connectivity index (χ2n) is 5.91. The van der Waals surface area contributed by atoms with Gasteiger partial charge in [-0.1, -0.05) is 30.0 Å². The number of thioether (sulfide) groups is 1. The van der Waals surface area contributed by atoms with E-state index in [1.165, 1.54) is 0 Å². The molecule has 25 heavy (non-hydrogen) atoms. The van der Waals surface area contributed by atoms with Crippen LogP contribution in [0.25, 0.3) is 0 Å². The molecule has 0 aliphatic carbocycles. The van der Waals surface area contributed by atoms with Crippen LogP contribution in [0.4, 0.5) is 0 Å². The van der Waals surface area contributed by atoms with Gasteiger partial charge in [0.05, 0.1) is 5.56 Å². The lowest BCUT2D eigenvalue weighted by atomic mass is 10.1. The van der Waals surface area contributed by atoms with Crippen molar-refractivity contribution in [3.05, 3.63) is 46.5 Å². The molecule has 0 unspecified atom stereocenters. The SMILES string of the molecule is Cc1csc(SCc2ccccc2C(=O)O[C@@H](C)C(=O)NC(C)C)n1. The summed E-state index contributed by atoms with van der Waals surface area (Å²) in [5, 5.41) is 4.73. The van der Waals surface area contributed by atoms with Gasteiger partial charge in [-0.3, -0.25) is 4.79 Å². The molecule has 5 nitrogen and oxygen atoms in total. The first-order valence-corrected chi connectivity index (χ1v) is 9.87. The lowest BCUT2D eigenvalue weighted by molar-refractivity contribution is -0.129. The highest BCUT2D eigenvalue weighted by molar-refractivity contribution is 8.00. The van der Waals surface area contributed by atoms with E-state index in [0.717, 1.165) is 15.6 Å². The predicted octanol–water partition coefficient (Wildman–Crippen LogP) is 3.81. The van der Waals surface area contributed by atoms with Crippen molar-refractivity contribution in [3.8, 4) is 0 Å². The normalized spacial score (nSPS) is 12.0. The lowest BCUT2D eigenvalue weighted by Crippen LogP contribution is -2.39. The van der Waals surface area contributed by atoms with Gasteiger partial charge in [-0.15, -0.1) is 11.3 Å². The third-order valence-corrected chi connectivity index (χ3v) is 5.46. The van der Waals surface area contributed by atoms with Gasteiger partial charge in [0.2, 0.25) is 0 Å². The average molecular weight is 379 g/mol. The third-order valence-electron chi connectivity index (χ3n) is 3.27. The van der Waals surface area contributed by atoms with Gasteiger partial charge in [-0.2, -0.15) is 0 Å². The van der Waals surface area contributed by atoms with Gasteiger partial charge in [-0.25, -0.2) is 9.78 Å². The number of hydrogen-bond donors (Lipinski definition) is 1. The van der Waals surface area contributed by atoms with E-state index in [2.05, 4.69) is 10.3 Å². The second kappa shape index (κ2) is 9.01. The molecule has 2 aromatic rings. The lowest BCUT2D eigenvalue weighted by Gasteiger charge is -2.16. The second-order valence-corrected chi connectivity index (χ2v) is 7.99. The Balaban J connectivity index is 2.03. The first-order chi connectivity index (χ1) is 11.9.